The first-order valence-corrected chi connectivity index (χ1v) is 7.78. The molecule has 102 valence electrons. The van der Waals surface area contributed by atoms with Gasteiger partial charge in [-0.1, -0.05) is 32.1 Å². The van der Waals surface area contributed by atoms with Crippen molar-refractivity contribution >= 4 is 5.91 Å². The lowest BCUT2D eigenvalue weighted by Crippen LogP contribution is -2.61. The summed E-state index contributed by atoms with van der Waals surface area (Å²) in [5, 5.41) is 3.73. The van der Waals surface area contributed by atoms with Crippen molar-refractivity contribution < 1.29 is 4.79 Å². The number of rotatable bonds is 3. The van der Waals surface area contributed by atoms with E-state index >= 15 is 0 Å². The predicted octanol–water partition coefficient (Wildman–Crippen LogP) is 2.34. The van der Waals surface area contributed by atoms with Gasteiger partial charge in [0.05, 0.1) is 0 Å². The first kappa shape index (κ1) is 12.5. The van der Waals surface area contributed by atoms with Gasteiger partial charge in [0.2, 0.25) is 5.91 Å². The maximum atomic E-state index is 12.0. The topological polar surface area (TPSA) is 55.1 Å². The zero-order valence-electron chi connectivity index (χ0n) is 11.3. The van der Waals surface area contributed by atoms with Crippen molar-refractivity contribution in [3.8, 4) is 0 Å². The van der Waals surface area contributed by atoms with E-state index in [1.807, 2.05) is 0 Å². The number of hydrogen-bond acceptors (Lipinski definition) is 2. The van der Waals surface area contributed by atoms with E-state index in [2.05, 4.69) is 5.32 Å². The highest BCUT2D eigenvalue weighted by atomic mass is 16.1. The summed E-state index contributed by atoms with van der Waals surface area (Å²) >= 11 is 0. The van der Waals surface area contributed by atoms with E-state index in [0.29, 0.717) is 12.0 Å². The molecule has 0 heterocycles. The largest absolute Gasteiger partial charge is 0.368 e. The molecule has 0 aromatic carbocycles. The van der Waals surface area contributed by atoms with Crippen LogP contribution in [-0.4, -0.2) is 17.5 Å². The van der Waals surface area contributed by atoms with Crippen LogP contribution in [0.3, 0.4) is 0 Å². The van der Waals surface area contributed by atoms with Gasteiger partial charge in [-0.25, -0.2) is 0 Å². The van der Waals surface area contributed by atoms with E-state index in [0.717, 1.165) is 12.3 Å². The van der Waals surface area contributed by atoms with E-state index in [1.165, 1.54) is 57.8 Å². The van der Waals surface area contributed by atoms with Gasteiger partial charge in [-0.2, -0.15) is 0 Å². The van der Waals surface area contributed by atoms with Crippen molar-refractivity contribution in [2.45, 2.75) is 75.8 Å². The molecule has 3 rings (SSSR count). The summed E-state index contributed by atoms with van der Waals surface area (Å²) < 4.78 is 0. The Kier molecular flexibility index (Phi) is 3.35. The Hall–Kier alpha value is -0.570. The minimum Gasteiger partial charge on any atom is -0.368 e. The van der Waals surface area contributed by atoms with E-state index in [9.17, 15) is 4.79 Å². The minimum atomic E-state index is -0.349. The summed E-state index contributed by atoms with van der Waals surface area (Å²) in [6, 6.07) is 0.527. The molecule has 0 aliphatic heterocycles. The van der Waals surface area contributed by atoms with Crippen molar-refractivity contribution in [1.82, 2.24) is 5.32 Å². The van der Waals surface area contributed by atoms with Crippen molar-refractivity contribution in [3.05, 3.63) is 0 Å². The lowest BCUT2D eigenvalue weighted by molar-refractivity contribution is -0.127. The Labute approximate surface area is 110 Å². The minimum absolute atomic E-state index is 0.0843. The molecule has 0 aromatic heterocycles. The van der Waals surface area contributed by atoms with Crippen molar-refractivity contribution in [1.29, 1.82) is 0 Å². The molecule has 3 heteroatoms. The van der Waals surface area contributed by atoms with Crippen LogP contribution in [0.4, 0.5) is 0 Å². The van der Waals surface area contributed by atoms with E-state index < -0.39 is 0 Å². The molecule has 3 N–H and O–H groups in total. The summed E-state index contributed by atoms with van der Waals surface area (Å²) in [6.07, 6.45) is 12.5. The summed E-state index contributed by atoms with van der Waals surface area (Å²) in [4.78, 5) is 12.0. The highest BCUT2D eigenvalue weighted by Gasteiger charge is 2.55. The van der Waals surface area contributed by atoms with E-state index in [1.54, 1.807) is 0 Å². The number of carbonyl (C=O) groups excluding carboxylic acids is 1. The number of amides is 1. The Bertz CT molecular complexity index is 322. The van der Waals surface area contributed by atoms with Crippen molar-refractivity contribution in [2.24, 2.45) is 17.6 Å². The summed E-state index contributed by atoms with van der Waals surface area (Å²) in [7, 11) is 0. The predicted molar refractivity (Wildman–Crippen MR) is 72.0 cm³/mol. The highest BCUT2D eigenvalue weighted by molar-refractivity contribution is 5.85. The molecule has 3 saturated carbocycles. The molecule has 0 spiro atoms. The second-order valence-corrected chi connectivity index (χ2v) is 6.75. The lowest BCUT2D eigenvalue weighted by atomic mass is 9.79. The monoisotopic (exact) mass is 250 g/mol. The zero-order chi connectivity index (χ0) is 12.6. The lowest BCUT2D eigenvalue weighted by Gasteiger charge is -2.39. The fraction of sp³-hybridized carbons (Fsp3) is 0.933. The van der Waals surface area contributed by atoms with Crippen LogP contribution in [-0.2, 0) is 4.79 Å². The number of hydrogen-bond donors (Lipinski definition) is 2. The van der Waals surface area contributed by atoms with Crippen LogP contribution in [0.15, 0.2) is 0 Å². The molecule has 3 aliphatic rings. The van der Waals surface area contributed by atoms with Gasteiger partial charge in [-0.3, -0.25) is 4.79 Å². The number of carbonyl (C=O) groups is 1. The molecule has 3 nitrogen and oxygen atoms in total. The smallest absolute Gasteiger partial charge is 0.238 e. The number of nitrogens with one attached hydrogen (secondary N) is 1. The molecular weight excluding hydrogens is 224 g/mol. The molecule has 3 atom stereocenters. The number of nitrogens with two attached hydrogens (primary N) is 1. The normalized spacial score (nSPS) is 40.9. The third-order valence-electron chi connectivity index (χ3n) is 5.61. The molecule has 3 fully saturated rings. The molecule has 18 heavy (non-hydrogen) atoms. The summed E-state index contributed by atoms with van der Waals surface area (Å²) in [5.41, 5.74) is 5.42. The van der Waals surface area contributed by atoms with Crippen LogP contribution in [0.5, 0.6) is 0 Å². The molecule has 0 saturated heterocycles. The van der Waals surface area contributed by atoms with Crippen LogP contribution in [0.1, 0.15) is 64.2 Å². The van der Waals surface area contributed by atoms with Crippen LogP contribution < -0.4 is 11.1 Å². The number of primary amides is 1. The Morgan fingerprint density at radius 1 is 1.06 bits per heavy atom. The van der Waals surface area contributed by atoms with Crippen molar-refractivity contribution in [2.75, 3.05) is 0 Å². The molecule has 0 radical (unpaired) electrons. The molecule has 2 bridgehead atoms. The first-order chi connectivity index (χ1) is 8.71. The van der Waals surface area contributed by atoms with Gasteiger partial charge in [-0.15, -0.1) is 0 Å². The Morgan fingerprint density at radius 2 is 1.78 bits per heavy atom. The van der Waals surface area contributed by atoms with Crippen LogP contribution in [0, 0.1) is 11.8 Å². The third kappa shape index (κ3) is 2.07. The van der Waals surface area contributed by atoms with E-state index in [4.69, 9.17) is 5.73 Å². The first-order valence-electron chi connectivity index (χ1n) is 7.78. The third-order valence-corrected chi connectivity index (χ3v) is 5.61. The fourth-order valence-electron chi connectivity index (χ4n) is 4.67. The molecule has 3 unspecified atom stereocenters. The van der Waals surface area contributed by atoms with Crippen molar-refractivity contribution in [3.63, 3.8) is 0 Å². The standard InChI is InChI=1S/C15H26N2O/c16-14(18)15(10-11-7-8-12(15)9-11)17-13-5-3-1-2-4-6-13/h11-13,17H,1-10H2,(H2,16,18). The second-order valence-electron chi connectivity index (χ2n) is 6.75. The zero-order valence-corrected chi connectivity index (χ0v) is 11.3. The van der Waals surface area contributed by atoms with Gasteiger partial charge in [-0.05, 0) is 43.9 Å². The molecule has 3 aliphatic carbocycles. The Morgan fingerprint density at radius 3 is 2.28 bits per heavy atom. The maximum absolute atomic E-state index is 12.0. The maximum Gasteiger partial charge on any atom is 0.238 e. The average molecular weight is 250 g/mol. The van der Waals surface area contributed by atoms with Crippen LogP contribution in [0.25, 0.3) is 0 Å². The van der Waals surface area contributed by atoms with Crippen LogP contribution in [0.2, 0.25) is 0 Å². The molecule has 1 amide bonds. The van der Waals surface area contributed by atoms with Gasteiger partial charge >= 0.3 is 0 Å². The van der Waals surface area contributed by atoms with E-state index in [-0.39, 0.29) is 11.4 Å². The fourth-order valence-corrected chi connectivity index (χ4v) is 4.67. The van der Waals surface area contributed by atoms with Gasteiger partial charge < -0.3 is 11.1 Å². The average Bonchev–Trinajstić information content (AvgIpc) is 2.84. The SMILES string of the molecule is NC(=O)C1(NC2CCCCCC2)CC2CCC1C2. The Balaban J connectivity index is 1.72. The van der Waals surface area contributed by atoms with Gasteiger partial charge in [0, 0.05) is 6.04 Å². The quantitative estimate of drug-likeness (QED) is 0.755. The number of fused-ring (bicyclic) bond motifs is 2. The highest BCUT2D eigenvalue weighted by Crippen LogP contribution is 2.51. The van der Waals surface area contributed by atoms with Crippen LogP contribution >= 0.6 is 0 Å². The summed E-state index contributed by atoms with van der Waals surface area (Å²) in [5.74, 6) is 1.18. The molecule has 0 aromatic rings. The second kappa shape index (κ2) is 4.84. The van der Waals surface area contributed by atoms with Gasteiger partial charge in [0.15, 0.2) is 0 Å². The van der Waals surface area contributed by atoms with Gasteiger partial charge in [0.1, 0.15) is 5.54 Å². The molecular formula is C15H26N2O. The summed E-state index contributed by atoms with van der Waals surface area (Å²) in [6.45, 7) is 0. The van der Waals surface area contributed by atoms with Gasteiger partial charge in [0.25, 0.3) is 0 Å².